The number of fused-ring (bicyclic) bond motifs is 1. The summed E-state index contributed by atoms with van der Waals surface area (Å²) in [5, 5.41) is 9.24. The number of aromatic nitrogens is 1. The van der Waals surface area contributed by atoms with Crippen molar-refractivity contribution in [3.63, 3.8) is 0 Å². The Kier molecular flexibility index (Phi) is 4.25. The molecule has 1 aromatic carbocycles. The lowest BCUT2D eigenvalue weighted by Gasteiger charge is -2.43. The largest absolute Gasteiger partial charge is 0.459 e. The molecule has 2 aromatic rings. The summed E-state index contributed by atoms with van der Waals surface area (Å²) in [6.07, 6.45) is 0.715. The molecule has 0 bridgehead atoms. The molecule has 0 fully saturated rings. The lowest BCUT2D eigenvalue weighted by atomic mass is 9.68. The van der Waals surface area contributed by atoms with Gasteiger partial charge in [0.1, 0.15) is 12.1 Å². The minimum absolute atomic E-state index is 0.191. The van der Waals surface area contributed by atoms with Gasteiger partial charge < -0.3 is 9.30 Å². The highest BCUT2D eigenvalue weighted by molar-refractivity contribution is 6.03. The van der Waals surface area contributed by atoms with Crippen LogP contribution in [0.2, 0.25) is 0 Å². The molecule has 1 aromatic heterocycles. The van der Waals surface area contributed by atoms with Crippen LogP contribution in [0, 0.1) is 16.7 Å². The van der Waals surface area contributed by atoms with Gasteiger partial charge in [0, 0.05) is 24.8 Å². The zero-order chi connectivity index (χ0) is 19.1. The summed E-state index contributed by atoms with van der Waals surface area (Å²) in [6.45, 7) is 4.67. The van der Waals surface area contributed by atoms with E-state index in [2.05, 4.69) is 0 Å². The first-order chi connectivity index (χ1) is 12.3. The standard InChI is InChI=1S/C20H18N2O4/c1-12(23)26-19-17(22-9-5-4-6-16(22)24)15-10-13(11-21)7-8-14(15)18(25)20(19,2)3/h4-10,17,19H,1-3H3/t17-,19+/m1/s1. The topological polar surface area (TPSA) is 89.2 Å². The third kappa shape index (κ3) is 2.72. The summed E-state index contributed by atoms with van der Waals surface area (Å²) in [6, 6.07) is 10.8. The highest BCUT2D eigenvalue weighted by Crippen LogP contribution is 2.44. The van der Waals surface area contributed by atoms with Gasteiger partial charge in [0.25, 0.3) is 5.56 Å². The molecule has 0 aliphatic heterocycles. The molecule has 0 N–H and O–H groups in total. The zero-order valence-corrected chi connectivity index (χ0v) is 14.7. The van der Waals surface area contributed by atoms with E-state index >= 15 is 0 Å². The summed E-state index contributed by atoms with van der Waals surface area (Å²) in [5.41, 5.74) is -0.0155. The minimum Gasteiger partial charge on any atom is -0.459 e. The molecule has 26 heavy (non-hydrogen) atoms. The van der Waals surface area contributed by atoms with Gasteiger partial charge in [0.05, 0.1) is 17.0 Å². The van der Waals surface area contributed by atoms with Gasteiger partial charge in [-0.15, -0.1) is 0 Å². The number of nitriles is 1. The number of rotatable bonds is 2. The van der Waals surface area contributed by atoms with E-state index in [0.717, 1.165) is 0 Å². The van der Waals surface area contributed by atoms with Gasteiger partial charge in [0.15, 0.2) is 5.78 Å². The number of carbonyl (C=O) groups excluding carboxylic acids is 2. The van der Waals surface area contributed by atoms with Crippen LogP contribution in [0.1, 0.15) is 48.3 Å². The fraction of sp³-hybridized carbons (Fsp3) is 0.300. The maximum atomic E-state index is 13.0. The molecule has 0 amide bonds. The third-order valence-corrected chi connectivity index (χ3v) is 4.77. The fourth-order valence-electron chi connectivity index (χ4n) is 3.47. The van der Waals surface area contributed by atoms with Crippen molar-refractivity contribution in [2.75, 3.05) is 0 Å². The highest BCUT2D eigenvalue weighted by Gasteiger charge is 2.51. The fourth-order valence-corrected chi connectivity index (χ4v) is 3.47. The van der Waals surface area contributed by atoms with Crippen LogP contribution in [0.3, 0.4) is 0 Å². The van der Waals surface area contributed by atoms with Crippen molar-refractivity contribution < 1.29 is 14.3 Å². The molecule has 1 aliphatic carbocycles. The molecular weight excluding hydrogens is 332 g/mol. The summed E-state index contributed by atoms with van der Waals surface area (Å²) in [5.74, 6) is -0.729. The summed E-state index contributed by atoms with van der Waals surface area (Å²) in [4.78, 5) is 37.2. The number of nitrogens with zero attached hydrogens (tertiary/aromatic N) is 2. The SMILES string of the molecule is CC(=O)O[C@H]1[C@H](n2ccccc2=O)c2cc(C#N)ccc2C(=O)C1(C)C. The van der Waals surface area contributed by atoms with Crippen molar-refractivity contribution in [3.8, 4) is 6.07 Å². The first-order valence-corrected chi connectivity index (χ1v) is 8.20. The number of esters is 1. The number of benzene rings is 1. The monoisotopic (exact) mass is 350 g/mol. The Morgan fingerprint density at radius 3 is 2.58 bits per heavy atom. The molecule has 6 nitrogen and oxygen atoms in total. The smallest absolute Gasteiger partial charge is 0.303 e. The second-order valence-corrected chi connectivity index (χ2v) is 6.89. The second kappa shape index (κ2) is 6.26. The zero-order valence-electron chi connectivity index (χ0n) is 14.7. The van der Waals surface area contributed by atoms with Gasteiger partial charge in [-0.05, 0) is 43.7 Å². The van der Waals surface area contributed by atoms with E-state index in [1.54, 1.807) is 50.4 Å². The summed E-state index contributed by atoms with van der Waals surface area (Å²) in [7, 11) is 0. The van der Waals surface area contributed by atoms with Crippen molar-refractivity contribution >= 4 is 11.8 Å². The first kappa shape index (κ1) is 17.6. The van der Waals surface area contributed by atoms with Crippen LogP contribution in [0.25, 0.3) is 0 Å². The molecule has 0 unspecified atom stereocenters. The minimum atomic E-state index is -1.03. The third-order valence-electron chi connectivity index (χ3n) is 4.77. The van der Waals surface area contributed by atoms with Crippen LogP contribution >= 0.6 is 0 Å². The van der Waals surface area contributed by atoms with Crippen molar-refractivity contribution in [3.05, 3.63) is 69.6 Å². The Hall–Kier alpha value is -3.20. The summed E-state index contributed by atoms with van der Waals surface area (Å²) >= 11 is 0. The molecule has 1 heterocycles. The predicted octanol–water partition coefficient (Wildman–Crippen LogP) is 2.46. The number of hydrogen-bond donors (Lipinski definition) is 0. The molecule has 3 rings (SSSR count). The van der Waals surface area contributed by atoms with Crippen LogP contribution in [0.4, 0.5) is 0 Å². The van der Waals surface area contributed by atoms with Crippen molar-refractivity contribution in [2.24, 2.45) is 5.41 Å². The Labute approximate surface area is 150 Å². The van der Waals surface area contributed by atoms with Crippen molar-refractivity contribution in [2.45, 2.75) is 32.9 Å². The normalized spacial score (nSPS) is 20.8. The van der Waals surface area contributed by atoms with E-state index < -0.39 is 23.5 Å². The van der Waals surface area contributed by atoms with Crippen LogP contribution in [-0.2, 0) is 9.53 Å². The molecule has 132 valence electrons. The lowest BCUT2D eigenvalue weighted by Crippen LogP contribution is -2.51. The molecule has 1 aliphatic rings. The van der Waals surface area contributed by atoms with E-state index in [9.17, 15) is 19.6 Å². The number of ether oxygens (including phenoxy) is 1. The lowest BCUT2D eigenvalue weighted by molar-refractivity contribution is -0.153. The van der Waals surface area contributed by atoms with E-state index in [4.69, 9.17) is 4.74 Å². The van der Waals surface area contributed by atoms with E-state index in [1.807, 2.05) is 6.07 Å². The average Bonchev–Trinajstić information content (AvgIpc) is 2.60. The number of ketones is 1. The van der Waals surface area contributed by atoms with Crippen LogP contribution in [-0.4, -0.2) is 22.4 Å². The van der Waals surface area contributed by atoms with Crippen LogP contribution < -0.4 is 5.56 Å². The van der Waals surface area contributed by atoms with Gasteiger partial charge in [-0.25, -0.2) is 0 Å². The first-order valence-electron chi connectivity index (χ1n) is 8.20. The van der Waals surface area contributed by atoms with Crippen LogP contribution in [0.5, 0.6) is 0 Å². The van der Waals surface area contributed by atoms with E-state index in [1.165, 1.54) is 17.6 Å². The van der Waals surface area contributed by atoms with Crippen molar-refractivity contribution in [1.82, 2.24) is 4.57 Å². The molecule has 2 atom stereocenters. The molecule has 0 radical (unpaired) electrons. The molecule has 0 saturated carbocycles. The van der Waals surface area contributed by atoms with Gasteiger partial charge in [-0.2, -0.15) is 5.26 Å². The van der Waals surface area contributed by atoms with Gasteiger partial charge in [-0.1, -0.05) is 6.07 Å². The molecular formula is C20H18N2O4. The number of hydrogen-bond acceptors (Lipinski definition) is 5. The highest BCUT2D eigenvalue weighted by atomic mass is 16.5. The second-order valence-electron chi connectivity index (χ2n) is 6.89. The summed E-state index contributed by atoms with van der Waals surface area (Å²) < 4.78 is 6.97. The Bertz CT molecular complexity index is 997. The van der Waals surface area contributed by atoms with E-state index in [-0.39, 0.29) is 11.3 Å². The maximum Gasteiger partial charge on any atom is 0.303 e. The number of Topliss-reactive ketones (excluding diaryl/α,β-unsaturated/α-hetero) is 1. The van der Waals surface area contributed by atoms with Gasteiger partial charge >= 0.3 is 5.97 Å². The quantitative estimate of drug-likeness (QED) is 0.776. The molecule has 0 spiro atoms. The Morgan fingerprint density at radius 1 is 1.23 bits per heavy atom. The molecule has 6 heteroatoms. The van der Waals surface area contributed by atoms with E-state index in [0.29, 0.717) is 16.7 Å². The Morgan fingerprint density at radius 2 is 1.96 bits per heavy atom. The van der Waals surface area contributed by atoms with Crippen molar-refractivity contribution in [1.29, 1.82) is 5.26 Å². The Balaban J connectivity index is 2.35. The number of pyridine rings is 1. The number of carbonyl (C=O) groups is 2. The predicted molar refractivity (Wildman–Crippen MR) is 93.7 cm³/mol. The van der Waals surface area contributed by atoms with Gasteiger partial charge in [-0.3, -0.25) is 14.4 Å². The van der Waals surface area contributed by atoms with Crippen LogP contribution in [0.15, 0.2) is 47.4 Å². The van der Waals surface area contributed by atoms with Gasteiger partial charge in [0.2, 0.25) is 0 Å². The molecule has 0 saturated heterocycles. The average molecular weight is 350 g/mol. The maximum absolute atomic E-state index is 13.0.